The van der Waals surface area contributed by atoms with Crippen LogP contribution in [0.25, 0.3) is 0 Å². The Morgan fingerprint density at radius 3 is 1.90 bits per heavy atom. The van der Waals surface area contributed by atoms with Crippen LogP contribution < -0.4 is 14.4 Å². The summed E-state index contributed by atoms with van der Waals surface area (Å²) in [4.78, 5) is 43.5. The summed E-state index contributed by atoms with van der Waals surface area (Å²) in [6, 6.07) is 12.4. The number of carbonyl (C=O) groups excluding carboxylic acids is 3. The highest BCUT2D eigenvalue weighted by atomic mass is 16.5. The first-order valence-corrected chi connectivity index (χ1v) is 9.29. The molecule has 1 aromatic heterocycles. The predicted molar refractivity (Wildman–Crippen MR) is 110 cm³/mol. The number of anilines is 1. The molecular formula is C22H20N2O7. The Kier molecular flexibility index (Phi) is 6.66. The second-order valence-corrected chi connectivity index (χ2v) is 6.08. The Labute approximate surface area is 178 Å². The standard InChI is InChI=1S/C22H20N2O7/c1-4-30-21(27)16-13-31-22(23-16)24(19(25)14-9-5-7-11-17(14)28-2)20(26)15-10-6-8-12-18(15)29-3/h5-13H,4H2,1-3H3. The van der Waals surface area contributed by atoms with E-state index >= 15 is 0 Å². The number of hydrogen-bond acceptors (Lipinski definition) is 8. The molecule has 0 aliphatic rings. The molecule has 160 valence electrons. The van der Waals surface area contributed by atoms with Crippen LogP contribution in [0.4, 0.5) is 6.01 Å². The summed E-state index contributed by atoms with van der Waals surface area (Å²) in [6.45, 7) is 1.77. The fourth-order valence-electron chi connectivity index (χ4n) is 2.82. The van der Waals surface area contributed by atoms with Crippen molar-refractivity contribution in [3.05, 3.63) is 71.6 Å². The second-order valence-electron chi connectivity index (χ2n) is 6.08. The topological polar surface area (TPSA) is 108 Å². The summed E-state index contributed by atoms with van der Waals surface area (Å²) >= 11 is 0. The largest absolute Gasteiger partial charge is 0.496 e. The van der Waals surface area contributed by atoms with E-state index in [-0.39, 0.29) is 34.9 Å². The number of aromatic nitrogens is 1. The fraction of sp³-hybridized carbons (Fsp3) is 0.182. The van der Waals surface area contributed by atoms with Crippen LogP contribution >= 0.6 is 0 Å². The zero-order valence-electron chi connectivity index (χ0n) is 17.2. The summed E-state index contributed by atoms with van der Waals surface area (Å²) < 4.78 is 20.7. The lowest BCUT2D eigenvalue weighted by Gasteiger charge is -2.19. The summed E-state index contributed by atoms with van der Waals surface area (Å²) in [5, 5.41) is 0. The van der Waals surface area contributed by atoms with Gasteiger partial charge in [-0.25, -0.2) is 4.79 Å². The number of nitrogens with zero attached hydrogens (tertiary/aromatic N) is 2. The smallest absolute Gasteiger partial charge is 0.360 e. The number of imide groups is 1. The second kappa shape index (κ2) is 9.57. The minimum absolute atomic E-state index is 0.101. The maximum atomic E-state index is 13.4. The van der Waals surface area contributed by atoms with Crippen molar-refractivity contribution in [2.24, 2.45) is 0 Å². The average Bonchev–Trinajstić information content (AvgIpc) is 3.29. The number of para-hydroxylation sites is 2. The van der Waals surface area contributed by atoms with Crippen molar-refractivity contribution in [3.8, 4) is 11.5 Å². The van der Waals surface area contributed by atoms with Gasteiger partial charge in [0.25, 0.3) is 11.8 Å². The van der Waals surface area contributed by atoms with E-state index in [2.05, 4.69) is 4.98 Å². The maximum Gasteiger partial charge on any atom is 0.360 e. The molecule has 0 aliphatic heterocycles. The van der Waals surface area contributed by atoms with E-state index in [4.69, 9.17) is 18.6 Å². The summed E-state index contributed by atoms with van der Waals surface area (Å²) in [5.74, 6) is -1.76. The number of amides is 2. The molecule has 3 rings (SSSR count). The quantitative estimate of drug-likeness (QED) is 0.420. The number of rotatable bonds is 7. The molecule has 0 saturated carbocycles. The molecule has 0 aliphatic carbocycles. The van der Waals surface area contributed by atoms with Gasteiger partial charge in [0.15, 0.2) is 5.69 Å². The zero-order chi connectivity index (χ0) is 22.4. The van der Waals surface area contributed by atoms with Gasteiger partial charge in [-0.2, -0.15) is 9.88 Å². The van der Waals surface area contributed by atoms with Gasteiger partial charge in [0.1, 0.15) is 17.8 Å². The number of hydrogen-bond donors (Lipinski definition) is 0. The van der Waals surface area contributed by atoms with Gasteiger partial charge in [-0.05, 0) is 31.2 Å². The van der Waals surface area contributed by atoms with Gasteiger partial charge >= 0.3 is 12.0 Å². The molecular weight excluding hydrogens is 404 g/mol. The molecule has 0 unspecified atom stereocenters. The minimum atomic E-state index is -0.759. The van der Waals surface area contributed by atoms with E-state index < -0.39 is 23.8 Å². The first-order chi connectivity index (χ1) is 15.0. The summed E-state index contributed by atoms with van der Waals surface area (Å²) in [6.07, 6.45) is 1.02. The molecule has 9 heteroatoms. The lowest BCUT2D eigenvalue weighted by atomic mass is 10.1. The summed E-state index contributed by atoms with van der Waals surface area (Å²) in [5.41, 5.74) is 0.0239. The Morgan fingerprint density at radius 1 is 0.903 bits per heavy atom. The highest BCUT2D eigenvalue weighted by Crippen LogP contribution is 2.27. The van der Waals surface area contributed by atoms with Crippen LogP contribution in [0.2, 0.25) is 0 Å². The molecule has 0 N–H and O–H groups in total. The molecule has 3 aromatic rings. The molecule has 2 amide bonds. The molecule has 0 fully saturated rings. The van der Waals surface area contributed by atoms with E-state index in [0.717, 1.165) is 11.2 Å². The first kappa shape index (κ1) is 21.6. The molecule has 0 atom stereocenters. The number of ether oxygens (including phenoxy) is 3. The fourth-order valence-corrected chi connectivity index (χ4v) is 2.82. The lowest BCUT2D eigenvalue weighted by Crippen LogP contribution is -2.38. The van der Waals surface area contributed by atoms with E-state index in [1.807, 2.05) is 0 Å². The number of methoxy groups -OCH3 is 2. The summed E-state index contributed by atoms with van der Waals surface area (Å²) in [7, 11) is 2.81. The third kappa shape index (κ3) is 4.40. The van der Waals surface area contributed by atoms with Crippen LogP contribution in [0, 0.1) is 0 Å². The number of esters is 1. The third-order valence-corrected chi connectivity index (χ3v) is 4.25. The first-order valence-electron chi connectivity index (χ1n) is 9.29. The number of oxazole rings is 1. The lowest BCUT2D eigenvalue weighted by molar-refractivity contribution is 0.0519. The zero-order valence-corrected chi connectivity index (χ0v) is 17.2. The number of benzene rings is 2. The van der Waals surface area contributed by atoms with Crippen molar-refractivity contribution >= 4 is 23.8 Å². The van der Waals surface area contributed by atoms with Gasteiger partial charge in [0.05, 0.1) is 32.0 Å². The van der Waals surface area contributed by atoms with Crippen LogP contribution in [0.1, 0.15) is 38.1 Å². The van der Waals surface area contributed by atoms with Crippen LogP contribution in [-0.2, 0) is 4.74 Å². The SMILES string of the molecule is CCOC(=O)c1coc(N(C(=O)c2ccccc2OC)C(=O)c2ccccc2OC)n1. The Balaban J connectivity index is 2.11. The van der Waals surface area contributed by atoms with Gasteiger partial charge in [-0.3, -0.25) is 9.59 Å². The van der Waals surface area contributed by atoms with Crippen molar-refractivity contribution in [1.29, 1.82) is 0 Å². The van der Waals surface area contributed by atoms with Crippen LogP contribution in [0.3, 0.4) is 0 Å². The van der Waals surface area contributed by atoms with Gasteiger partial charge in [0.2, 0.25) is 0 Å². The Bertz CT molecular complexity index is 1050. The van der Waals surface area contributed by atoms with Crippen molar-refractivity contribution in [2.45, 2.75) is 6.92 Å². The monoisotopic (exact) mass is 424 g/mol. The molecule has 0 bridgehead atoms. The molecule has 31 heavy (non-hydrogen) atoms. The van der Waals surface area contributed by atoms with Crippen molar-refractivity contribution in [1.82, 2.24) is 4.98 Å². The van der Waals surface area contributed by atoms with Gasteiger partial charge in [-0.1, -0.05) is 24.3 Å². The van der Waals surface area contributed by atoms with Crippen LogP contribution in [0.5, 0.6) is 11.5 Å². The maximum absolute atomic E-state index is 13.4. The molecule has 0 saturated heterocycles. The van der Waals surface area contributed by atoms with Crippen LogP contribution in [-0.4, -0.2) is 43.6 Å². The Morgan fingerprint density at radius 2 is 1.42 bits per heavy atom. The van der Waals surface area contributed by atoms with Crippen LogP contribution in [0.15, 0.2) is 59.2 Å². The highest BCUT2D eigenvalue weighted by Gasteiger charge is 2.33. The van der Waals surface area contributed by atoms with E-state index in [0.29, 0.717) is 0 Å². The predicted octanol–water partition coefficient (Wildman–Crippen LogP) is 3.36. The van der Waals surface area contributed by atoms with E-state index in [1.54, 1.807) is 43.3 Å². The average molecular weight is 424 g/mol. The minimum Gasteiger partial charge on any atom is -0.496 e. The van der Waals surface area contributed by atoms with E-state index in [9.17, 15) is 14.4 Å². The Hall–Kier alpha value is -4.14. The highest BCUT2D eigenvalue weighted by molar-refractivity contribution is 6.26. The molecule has 9 nitrogen and oxygen atoms in total. The molecule has 0 spiro atoms. The van der Waals surface area contributed by atoms with Gasteiger partial charge in [-0.15, -0.1) is 0 Å². The van der Waals surface area contributed by atoms with Crippen molar-refractivity contribution in [3.63, 3.8) is 0 Å². The number of carbonyl (C=O) groups is 3. The van der Waals surface area contributed by atoms with Gasteiger partial charge < -0.3 is 18.6 Å². The van der Waals surface area contributed by atoms with E-state index in [1.165, 1.54) is 26.4 Å². The van der Waals surface area contributed by atoms with Gasteiger partial charge in [0, 0.05) is 0 Å². The van der Waals surface area contributed by atoms with Crippen molar-refractivity contribution in [2.75, 3.05) is 25.7 Å². The normalized spacial score (nSPS) is 10.3. The molecule has 0 radical (unpaired) electrons. The molecule has 2 aromatic carbocycles. The molecule has 1 heterocycles. The van der Waals surface area contributed by atoms with Crippen molar-refractivity contribution < 1.29 is 33.0 Å². The third-order valence-electron chi connectivity index (χ3n) is 4.25.